The monoisotopic (exact) mass is 304 g/mol. The Morgan fingerprint density at radius 2 is 2.05 bits per heavy atom. The molecule has 1 aromatic rings. The summed E-state index contributed by atoms with van der Waals surface area (Å²) >= 11 is 0. The van der Waals surface area contributed by atoms with E-state index in [9.17, 15) is 9.90 Å². The van der Waals surface area contributed by atoms with Crippen LogP contribution in [0, 0.1) is 11.8 Å². The molecular formula is C16H24N4O2. The SMILES string of the molecule is Nc1ccc(C(=O)N[C@@H](C2CCNCC2)C2CC(O)C2)cn1. The number of aliphatic hydroxyl groups is 1. The van der Waals surface area contributed by atoms with Crippen molar-refractivity contribution in [3.63, 3.8) is 0 Å². The van der Waals surface area contributed by atoms with E-state index in [1.165, 1.54) is 6.20 Å². The maximum atomic E-state index is 12.5. The predicted molar refractivity (Wildman–Crippen MR) is 84.2 cm³/mol. The maximum absolute atomic E-state index is 12.5. The Hall–Kier alpha value is -1.66. The number of aromatic nitrogens is 1. The molecule has 0 radical (unpaired) electrons. The van der Waals surface area contributed by atoms with Crippen molar-refractivity contribution in [2.24, 2.45) is 11.8 Å². The lowest BCUT2D eigenvalue weighted by molar-refractivity contribution is 0.00918. The Labute approximate surface area is 130 Å². The Balaban J connectivity index is 1.68. The van der Waals surface area contributed by atoms with Crippen LogP contribution in [-0.2, 0) is 0 Å². The van der Waals surface area contributed by atoms with E-state index in [1.54, 1.807) is 12.1 Å². The van der Waals surface area contributed by atoms with Gasteiger partial charge in [-0.1, -0.05) is 0 Å². The molecule has 1 saturated heterocycles. The third-order valence-corrected chi connectivity index (χ3v) is 4.90. The highest BCUT2D eigenvalue weighted by molar-refractivity contribution is 5.94. The molecule has 0 aromatic carbocycles. The molecule has 1 atom stereocenters. The lowest BCUT2D eigenvalue weighted by Gasteiger charge is -2.43. The van der Waals surface area contributed by atoms with Crippen molar-refractivity contribution in [3.8, 4) is 0 Å². The van der Waals surface area contributed by atoms with Crippen LogP contribution in [0.1, 0.15) is 36.0 Å². The Morgan fingerprint density at radius 3 is 2.64 bits per heavy atom. The fraction of sp³-hybridized carbons (Fsp3) is 0.625. The number of hydrogen-bond acceptors (Lipinski definition) is 5. The number of nitrogens with two attached hydrogens (primary N) is 1. The molecule has 6 nitrogen and oxygen atoms in total. The first-order valence-corrected chi connectivity index (χ1v) is 8.04. The maximum Gasteiger partial charge on any atom is 0.253 e. The zero-order chi connectivity index (χ0) is 15.5. The minimum atomic E-state index is -0.204. The van der Waals surface area contributed by atoms with Crippen LogP contribution in [-0.4, -0.2) is 41.2 Å². The van der Waals surface area contributed by atoms with Crippen LogP contribution in [0.15, 0.2) is 18.3 Å². The molecule has 1 aromatic heterocycles. The topological polar surface area (TPSA) is 100 Å². The third-order valence-electron chi connectivity index (χ3n) is 4.90. The quantitative estimate of drug-likeness (QED) is 0.650. The lowest BCUT2D eigenvalue weighted by atomic mass is 9.71. The summed E-state index contributed by atoms with van der Waals surface area (Å²) in [4.78, 5) is 16.4. The molecular weight excluding hydrogens is 280 g/mol. The van der Waals surface area contributed by atoms with E-state index in [0.717, 1.165) is 38.8 Å². The highest BCUT2D eigenvalue weighted by Crippen LogP contribution is 2.35. The number of nitrogen functional groups attached to an aromatic ring is 1. The molecule has 0 bridgehead atoms. The number of rotatable bonds is 4. The van der Waals surface area contributed by atoms with Crippen molar-refractivity contribution in [2.45, 2.75) is 37.8 Å². The Morgan fingerprint density at radius 1 is 1.32 bits per heavy atom. The molecule has 1 saturated carbocycles. The third kappa shape index (κ3) is 3.39. The van der Waals surface area contributed by atoms with Gasteiger partial charge in [-0.3, -0.25) is 4.79 Å². The van der Waals surface area contributed by atoms with Gasteiger partial charge in [-0.05, 0) is 62.7 Å². The number of pyridine rings is 1. The second-order valence-corrected chi connectivity index (χ2v) is 6.44. The van der Waals surface area contributed by atoms with Crippen LogP contribution in [0.4, 0.5) is 5.82 Å². The van der Waals surface area contributed by atoms with E-state index >= 15 is 0 Å². The Bertz CT molecular complexity index is 507. The van der Waals surface area contributed by atoms with Crippen LogP contribution in [0.5, 0.6) is 0 Å². The van der Waals surface area contributed by atoms with E-state index in [0.29, 0.717) is 23.2 Å². The number of nitrogens with zero attached hydrogens (tertiary/aromatic N) is 1. The summed E-state index contributed by atoms with van der Waals surface area (Å²) in [5.41, 5.74) is 6.10. The number of piperidine rings is 1. The van der Waals surface area contributed by atoms with Crippen molar-refractivity contribution in [1.82, 2.24) is 15.6 Å². The molecule has 0 unspecified atom stereocenters. The van der Waals surface area contributed by atoms with Crippen molar-refractivity contribution in [1.29, 1.82) is 0 Å². The number of carbonyl (C=O) groups is 1. The second kappa shape index (κ2) is 6.62. The van der Waals surface area contributed by atoms with Gasteiger partial charge in [0.15, 0.2) is 0 Å². The van der Waals surface area contributed by atoms with E-state index in [2.05, 4.69) is 15.6 Å². The van der Waals surface area contributed by atoms with Crippen molar-refractivity contribution < 1.29 is 9.90 Å². The molecule has 1 aliphatic heterocycles. The molecule has 1 amide bonds. The molecule has 2 aliphatic rings. The summed E-state index contributed by atoms with van der Waals surface area (Å²) in [7, 11) is 0. The van der Waals surface area contributed by atoms with Crippen LogP contribution in [0.3, 0.4) is 0 Å². The molecule has 2 heterocycles. The summed E-state index contributed by atoms with van der Waals surface area (Å²) in [5, 5.41) is 16.1. The van der Waals surface area contributed by atoms with Gasteiger partial charge in [0.2, 0.25) is 0 Å². The number of hydrogen-bond donors (Lipinski definition) is 4. The molecule has 22 heavy (non-hydrogen) atoms. The summed E-state index contributed by atoms with van der Waals surface area (Å²) < 4.78 is 0. The lowest BCUT2D eigenvalue weighted by Crippen LogP contribution is -2.52. The van der Waals surface area contributed by atoms with Gasteiger partial charge < -0.3 is 21.5 Å². The van der Waals surface area contributed by atoms with Crippen LogP contribution in [0.2, 0.25) is 0 Å². The smallest absolute Gasteiger partial charge is 0.253 e. The van der Waals surface area contributed by atoms with E-state index in [1.807, 2.05) is 0 Å². The zero-order valence-corrected chi connectivity index (χ0v) is 12.7. The predicted octanol–water partition coefficient (Wildman–Crippen LogP) is 0.533. The molecule has 120 valence electrons. The van der Waals surface area contributed by atoms with Crippen molar-refractivity contribution in [2.75, 3.05) is 18.8 Å². The normalized spacial score (nSPS) is 27.0. The first-order valence-electron chi connectivity index (χ1n) is 8.04. The number of aliphatic hydroxyl groups excluding tert-OH is 1. The molecule has 3 rings (SSSR count). The van der Waals surface area contributed by atoms with E-state index in [-0.39, 0.29) is 18.1 Å². The first-order chi connectivity index (χ1) is 10.6. The molecule has 6 heteroatoms. The molecule has 1 aliphatic carbocycles. The van der Waals surface area contributed by atoms with E-state index < -0.39 is 0 Å². The fourth-order valence-electron chi connectivity index (χ4n) is 3.52. The summed E-state index contributed by atoms with van der Waals surface area (Å²) in [6, 6.07) is 3.48. The van der Waals surface area contributed by atoms with Gasteiger partial charge in [-0.2, -0.15) is 0 Å². The summed E-state index contributed by atoms with van der Waals surface area (Å²) in [6.07, 6.45) is 5.02. The van der Waals surface area contributed by atoms with Gasteiger partial charge in [0.25, 0.3) is 5.91 Å². The van der Waals surface area contributed by atoms with Gasteiger partial charge >= 0.3 is 0 Å². The minimum Gasteiger partial charge on any atom is -0.393 e. The number of anilines is 1. The zero-order valence-electron chi connectivity index (χ0n) is 12.7. The molecule has 2 fully saturated rings. The second-order valence-electron chi connectivity index (χ2n) is 6.44. The van der Waals surface area contributed by atoms with Gasteiger partial charge in [0.05, 0.1) is 11.7 Å². The highest BCUT2D eigenvalue weighted by atomic mass is 16.3. The van der Waals surface area contributed by atoms with Crippen LogP contribution < -0.4 is 16.4 Å². The van der Waals surface area contributed by atoms with Gasteiger partial charge in [0.1, 0.15) is 5.82 Å². The number of carbonyl (C=O) groups excluding carboxylic acids is 1. The van der Waals surface area contributed by atoms with Crippen LogP contribution >= 0.6 is 0 Å². The fourth-order valence-corrected chi connectivity index (χ4v) is 3.52. The summed E-state index contributed by atoms with van der Waals surface area (Å²) in [5.74, 6) is 1.17. The standard InChI is InChI=1S/C16H24N4O2/c17-14-2-1-11(9-19-14)16(22)20-15(12-7-13(21)8-12)10-3-5-18-6-4-10/h1-2,9-10,12-13,15,18,21H,3-8H2,(H2,17,19)(H,20,22)/t12?,13?,15-/m0/s1. The average molecular weight is 304 g/mol. The molecule has 5 N–H and O–H groups in total. The van der Waals surface area contributed by atoms with Gasteiger partial charge in [-0.15, -0.1) is 0 Å². The van der Waals surface area contributed by atoms with Crippen molar-refractivity contribution in [3.05, 3.63) is 23.9 Å². The van der Waals surface area contributed by atoms with Crippen LogP contribution in [0.25, 0.3) is 0 Å². The van der Waals surface area contributed by atoms with Gasteiger partial charge in [0, 0.05) is 12.2 Å². The highest BCUT2D eigenvalue weighted by Gasteiger charge is 2.39. The first kappa shape index (κ1) is 15.2. The largest absolute Gasteiger partial charge is 0.393 e. The van der Waals surface area contributed by atoms with E-state index in [4.69, 9.17) is 5.73 Å². The number of amides is 1. The van der Waals surface area contributed by atoms with Gasteiger partial charge in [-0.25, -0.2) is 4.98 Å². The number of nitrogens with one attached hydrogen (secondary N) is 2. The molecule has 0 spiro atoms. The average Bonchev–Trinajstić information content (AvgIpc) is 2.51. The Kier molecular flexibility index (Phi) is 4.59. The summed E-state index contributed by atoms with van der Waals surface area (Å²) in [6.45, 7) is 1.99. The van der Waals surface area contributed by atoms with Crippen molar-refractivity contribution >= 4 is 11.7 Å². The minimum absolute atomic E-state index is 0.0996.